The third kappa shape index (κ3) is 6.50. The van der Waals surface area contributed by atoms with E-state index in [9.17, 15) is 4.79 Å². The first-order valence-electron chi connectivity index (χ1n) is 5.82. The Bertz CT molecular complexity index is 180. The van der Waals surface area contributed by atoms with Gasteiger partial charge in [-0.25, -0.2) is 0 Å². The Morgan fingerprint density at radius 3 is 2.40 bits per heavy atom. The first-order valence-corrected chi connectivity index (χ1v) is 5.82. The van der Waals surface area contributed by atoms with Crippen molar-refractivity contribution in [2.75, 3.05) is 20.3 Å². The van der Waals surface area contributed by atoms with E-state index in [0.29, 0.717) is 25.0 Å². The van der Waals surface area contributed by atoms with Crippen molar-refractivity contribution in [3.05, 3.63) is 0 Å². The molecule has 0 aromatic carbocycles. The van der Waals surface area contributed by atoms with Crippen LogP contribution in [0.2, 0.25) is 0 Å². The van der Waals surface area contributed by atoms with Gasteiger partial charge in [-0.2, -0.15) is 0 Å². The van der Waals surface area contributed by atoms with Crippen molar-refractivity contribution < 1.29 is 9.53 Å². The van der Waals surface area contributed by atoms with Crippen molar-refractivity contribution in [1.29, 1.82) is 0 Å². The second kappa shape index (κ2) is 7.69. The second-order valence-electron chi connectivity index (χ2n) is 4.48. The van der Waals surface area contributed by atoms with Gasteiger partial charge in [-0.15, -0.1) is 0 Å². The second-order valence-corrected chi connectivity index (χ2v) is 4.48. The number of hydrogen-bond acceptors (Lipinski definition) is 2. The van der Waals surface area contributed by atoms with Crippen LogP contribution in [0.25, 0.3) is 0 Å². The molecule has 90 valence electrons. The van der Waals surface area contributed by atoms with Gasteiger partial charge >= 0.3 is 0 Å². The number of rotatable bonds is 7. The highest BCUT2D eigenvalue weighted by atomic mass is 16.5. The summed E-state index contributed by atoms with van der Waals surface area (Å²) in [5.74, 6) is 0.709. The molecule has 0 aliphatic carbocycles. The van der Waals surface area contributed by atoms with Crippen LogP contribution in [0, 0.1) is 5.92 Å². The molecule has 0 N–H and O–H groups in total. The van der Waals surface area contributed by atoms with Crippen molar-refractivity contribution in [2.45, 2.75) is 46.6 Å². The first-order chi connectivity index (χ1) is 6.99. The molecular formula is C12H25NO2. The normalized spacial score (nSPS) is 12.9. The Labute approximate surface area is 93.8 Å². The zero-order chi connectivity index (χ0) is 11.8. The lowest BCUT2D eigenvalue weighted by Crippen LogP contribution is -2.35. The molecule has 0 aromatic rings. The van der Waals surface area contributed by atoms with Gasteiger partial charge < -0.3 is 9.64 Å². The standard InChI is InChI=1S/C12H25NO2/c1-6-11(4)13(5)12(14)7-8-15-9-10(2)3/h10-11H,6-9H2,1-5H3. The molecule has 3 heteroatoms. The Morgan fingerprint density at radius 1 is 1.33 bits per heavy atom. The molecule has 0 fully saturated rings. The maximum Gasteiger partial charge on any atom is 0.224 e. The maximum atomic E-state index is 11.6. The van der Waals surface area contributed by atoms with Crippen LogP contribution in [-0.2, 0) is 9.53 Å². The lowest BCUT2D eigenvalue weighted by atomic mass is 10.2. The van der Waals surface area contributed by atoms with E-state index in [4.69, 9.17) is 4.74 Å². The minimum absolute atomic E-state index is 0.174. The van der Waals surface area contributed by atoms with Crippen molar-refractivity contribution in [3.63, 3.8) is 0 Å². The number of nitrogens with zero attached hydrogens (tertiary/aromatic N) is 1. The van der Waals surface area contributed by atoms with Crippen LogP contribution in [0.3, 0.4) is 0 Å². The zero-order valence-corrected chi connectivity index (χ0v) is 10.7. The SMILES string of the molecule is CCC(C)N(C)C(=O)CCOCC(C)C. The maximum absolute atomic E-state index is 11.6. The van der Waals surface area contributed by atoms with E-state index in [1.165, 1.54) is 0 Å². The number of carbonyl (C=O) groups is 1. The third-order valence-electron chi connectivity index (χ3n) is 2.56. The Hall–Kier alpha value is -0.570. The summed E-state index contributed by atoms with van der Waals surface area (Å²) in [5, 5.41) is 0. The molecule has 0 heterocycles. The van der Waals surface area contributed by atoms with Crippen LogP contribution in [0.1, 0.15) is 40.5 Å². The smallest absolute Gasteiger partial charge is 0.224 e. The summed E-state index contributed by atoms with van der Waals surface area (Å²) in [6, 6.07) is 0.322. The molecule has 0 spiro atoms. The molecular weight excluding hydrogens is 190 g/mol. The quantitative estimate of drug-likeness (QED) is 0.610. The molecule has 0 bridgehead atoms. The molecule has 0 saturated carbocycles. The highest BCUT2D eigenvalue weighted by molar-refractivity contribution is 5.76. The Balaban J connectivity index is 3.65. The molecule has 3 nitrogen and oxygen atoms in total. The molecule has 15 heavy (non-hydrogen) atoms. The number of ether oxygens (including phenoxy) is 1. The van der Waals surface area contributed by atoms with Gasteiger partial charge in [0.25, 0.3) is 0 Å². The van der Waals surface area contributed by atoms with E-state index in [-0.39, 0.29) is 5.91 Å². The van der Waals surface area contributed by atoms with Crippen LogP contribution in [0.15, 0.2) is 0 Å². The lowest BCUT2D eigenvalue weighted by Gasteiger charge is -2.23. The summed E-state index contributed by atoms with van der Waals surface area (Å²) in [4.78, 5) is 13.4. The highest BCUT2D eigenvalue weighted by Crippen LogP contribution is 2.03. The van der Waals surface area contributed by atoms with Gasteiger partial charge in [0.05, 0.1) is 13.0 Å². The third-order valence-corrected chi connectivity index (χ3v) is 2.56. The highest BCUT2D eigenvalue weighted by Gasteiger charge is 2.13. The predicted molar refractivity (Wildman–Crippen MR) is 62.8 cm³/mol. The summed E-state index contributed by atoms with van der Waals surface area (Å²) in [7, 11) is 1.86. The van der Waals surface area contributed by atoms with Gasteiger partial charge in [-0.05, 0) is 19.3 Å². The summed E-state index contributed by atoms with van der Waals surface area (Å²) in [6.45, 7) is 9.63. The van der Waals surface area contributed by atoms with E-state index in [1.54, 1.807) is 4.90 Å². The van der Waals surface area contributed by atoms with Crippen molar-refractivity contribution in [3.8, 4) is 0 Å². The number of hydrogen-bond donors (Lipinski definition) is 0. The van der Waals surface area contributed by atoms with Crippen molar-refractivity contribution >= 4 is 5.91 Å². The minimum atomic E-state index is 0.174. The fourth-order valence-corrected chi connectivity index (χ4v) is 1.17. The van der Waals surface area contributed by atoms with E-state index in [0.717, 1.165) is 13.0 Å². The largest absolute Gasteiger partial charge is 0.381 e. The van der Waals surface area contributed by atoms with E-state index >= 15 is 0 Å². The van der Waals surface area contributed by atoms with Gasteiger partial charge in [0, 0.05) is 19.7 Å². The van der Waals surface area contributed by atoms with Gasteiger partial charge in [-0.3, -0.25) is 4.79 Å². The monoisotopic (exact) mass is 215 g/mol. The Kier molecular flexibility index (Phi) is 7.39. The fraction of sp³-hybridized carbons (Fsp3) is 0.917. The van der Waals surface area contributed by atoms with E-state index in [1.807, 2.05) is 7.05 Å². The molecule has 0 saturated heterocycles. The van der Waals surface area contributed by atoms with E-state index < -0.39 is 0 Å². The molecule has 1 atom stereocenters. The average molecular weight is 215 g/mol. The first kappa shape index (κ1) is 14.4. The predicted octanol–water partition coefficient (Wildman–Crippen LogP) is 2.31. The summed E-state index contributed by atoms with van der Waals surface area (Å²) in [5.41, 5.74) is 0. The van der Waals surface area contributed by atoms with Gasteiger partial charge in [0.1, 0.15) is 0 Å². The molecule has 0 radical (unpaired) electrons. The number of amides is 1. The van der Waals surface area contributed by atoms with E-state index in [2.05, 4.69) is 27.7 Å². The van der Waals surface area contributed by atoms with Crippen LogP contribution >= 0.6 is 0 Å². The molecule has 1 amide bonds. The van der Waals surface area contributed by atoms with Crippen LogP contribution < -0.4 is 0 Å². The van der Waals surface area contributed by atoms with Gasteiger partial charge in [-0.1, -0.05) is 20.8 Å². The fourth-order valence-electron chi connectivity index (χ4n) is 1.17. The van der Waals surface area contributed by atoms with Crippen LogP contribution in [0.4, 0.5) is 0 Å². The van der Waals surface area contributed by atoms with Gasteiger partial charge in [0.2, 0.25) is 5.91 Å². The average Bonchev–Trinajstić information content (AvgIpc) is 2.21. The minimum Gasteiger partial charge on any atom is -0.381 e. The zero-order valence-electron chi connectivity index (χ0n) is 10.7. The summed E-state index contributed by atoms with van der Waals surface area (Å²) >= 11 is 0. The van der Waals surface area contributed by atoms with Crippen molar-refractivity contribution in [2.24, 2.45) is 5.92 Å². The molecule has 0 rings (SSSR count). The molecule has 0 aliphatic rings. The number of carbonyl (C=O) groups excluding carboxylic acids is 1. The Morgan fingerprint density at radius 2 is 1.93 bits per heavy atom. The topological polar surface area (TPSA) is 29.5 Å². The van der Waals surface area contributed by atoms with Crippen LogP contribution in [0.5, 0.6) is 0 Å². The molecule has 0 aliphatic heterocycles. The molecule has 1 unspecified atom stereocenters. The van der Waals surface area contributed by atoms with Gasteiger partial charge in [0.15, 0.2) is 0 Å². The van der Waals surface area contributed by atoms with Crippen LogP contribution in [-0.4, -0.2) is 37.1 Å². The molecule has 0 aromatic heterocycles. The summed E-state index contributed by atoms with van der Waals surface area (Å²) in [6.07, 6.45) is 1.49. The van der Waals surface area contributed by atoms with Crippen molar-refractivity contribution in [1.82, 2.24) is 4.90 Å². The summed E-state index contributed by atoms with van der Waals surface area (Å²) < 4.78 is 5.38. The lowest BCUT2D eigenvalue weighted by molar-refractivity contribution is -0.132.